The minimum Gasteiger partial charge on any atom is -0.364 e. The fourth-order valence-electron chi connectivity index (χ4n) is 2.61. The molecule has 1 aromatic heterocycles. The van der Waals surface area contributed by atoms with E-state index in [1.807, 2.05) is 42.5 Å². The summed E-state index contributed by atoms with van der Waals surface area (Å²) in [7, 11) is 1.51. The molecule has 2 aromatic carbocycles. The van der Waals surface area contributed by atoms with E-state index in [1.54, 1.807) is 25.1 Å². The van der Waals surface area contributed by atoms with E-state index in [-0.39, 0.29) is 11.5 Å². The van der Waals surface area contributed by atoms with Crippen LogP contribution in [0.15, 0.2) is 71.5 Å². The number of nitrogens with one attached hydrogen (secondary N) is 2. The lowest BCUT2D eigenvalue weighted by atomic mass is 9.94. The Hall–Kier alpha value is -3.25. The van der Waals surface area contributed by atoms with Gasteiger partial charge in [0.2, 0.25) is 0 Å². The largest absolute Gasteiger partial charge is 0.364 e. The topological polar surface area (TPSA) is 84.1 Å². The number of hydrogen-bond acceptors (Lipinski definition) is 4. The number of H-pyrrole nitrogens is 1. The average Bonchev–Trinajstić information content (AvgIpc) is 2.68. The summed E-state index contributed by atoms with van der Waals surface area (Å²) in [6.07, 6.45) is 0. The Morgan fingerprint density at radius 3 is 2.50 bits per heavy atom. The lowest BCUT2D eigenvalue weighted by Crippen LogP contribution is -2.39. The van der Waals surface area contributed by atoms with Crippen molar-refractivity contribution < 1.29 is 9.53 Å². The fraction of sp³-hybridized carbons (Fsp3) is 0.150. The number of carbonyl (C=O) groups excluding carboxylic acids is 1. The molecule has 6 nitrogen and oxygen atoms in total. The zero-order chi connectivity index (χ0) is 18.6. The Bertz CT molecular complexity index is 949. The first-order chi connectivity index (χ1) is 12.5. The van der Waals surface area contributed by atoms with Gasteiger partial charge in [0.25, 0.3) is 11.5 Å². The highest BCUT2D eigenvalue weighted by atomic mass is 16.5. The standard InChI is InChI=1S/C20H19N3O3/c1-20(26-2,15-8-4-3-5-9-15)19(25)21-16-10-6-7-14(13-16)17-11-12-18(24)23-22-17/h3-13H,1-2H3,(H,21,25)(H,23,24)/t20-/m1/s1. The van der Waals surface area contributed by atoms with Gasteiger partial charge in [-0.15, -0.1) is 0 Å². The van der Waals surface area contributed by atoms with Gasteiger partial charge in [-0.1, -0.05) is 42.5 Å². The van der Waals surface area contributed by atoms with Gasteiger partial charge in [-0.3, -0.25) is 9.59 Å². The molecule has 3 aromatic rings. The molecular weight excluding hydrogens is 330 g/mol. The molecular formula is C20H19N3O3. The number of nitrogens with zero attached hydrogens (tertiary/aromatic N) is 1. The number of methoxy groups -OCH3 is 1. The number of hydrogen-bond donors (Lipinski definition) is 2. The molecule has 0 unspecified atom stereocenters. The van der Waals surface area contributed by atoms with Crippen molar-refractivity contribution in [2.75, 3.05) is 12.4 Å². The molecule has 0 fully saturated rings. The summed E-state index contributed by atoms with van der Waals surface area (Å²) in [6.45, 7) is 1.73. The lowest BCUT2D eigenvalue weighted by molar-refractivity contribution is -0.136. The molecule has 132 valence electrons. The molecule has 2 N–H and O–H groups in total. The van der Waals surface area contributed by atoms with Crippen LogP contribution in [0.2, 0.25) is 0 Å². The van der Waals surface area contributed by atoms with Crippen LogP contribution in [0.25, 0.3) is 11.3 Å². The van der Waals surface area contributed by atoms with Crippen LogP contribution in [0, 0.1) is 0 Å². The number of rotatable bonds is 5. The molecule has 0 radical (unpaired) electrons. The molecule has 0 saturated heterocycles. The number of anilines is 1. The van der Waals surface area contributed by atoms with Gasteiger partial charge in [-0.05, 0) is 30.7 Å². The van der Waals surface area contributed by atoms with Crippen LogP contribution in [-0.4, -0.2) is 23.2 Å². The first-order valence-corrected chi connectivity index (χ1v) is 8.11. The van der Waals surface area contributed by atoms with Crippen molar-refractivity contribution in [1.82, 2.24) is 10.2 Å². The zero-order valence-corrected chi connectivity index (χ0v) is 14.5. The Kier molecular flexibility index (Phi) is 4.95. The van der Waals surface area contributed by atoms with Gasteiger partial charge >= 0.3 is 0 Å². The highest BCUT2D eigenvalue weighted by Gasteiger charge is 2.35. The van der Waals surface area contributed by atoms with Crippen molar-refractivity contribution in [2.45, 2.75) is 12.5 Å². The second-order valence-corrected chi connectivity index (χ2v) is 5.94. The number of aromatic amines is 1. The number of amides is 1. The number of carbonyl (C=O) groups is 1. The summed E-state index contributed by atoms with van der Waals surface area (Å²) in [5.41, 5.74) is 1.37. The molecule has 1 amide bonds. The van der Waals surface area contributed by atoms with E-state index in [2.05, 4.69) is 15.5 Å². The maximum absolute atomic E-state index is 12.9. The van der Waals surface area contributed by atoms with Gasteiger partial charge in [0.05, 0.1) is 5.69 Å². The zero-order valence-electron chi connectivity index (χ0n) is 14.5. The summed E-state index contributed by atoms with van der Waals surface area (Å²) in [4.78, 5) is 24.0. The fourth-order valence-corrected chi connectivity index (χ4v) is 2.61. The summed E-state index contributed by atoms with van der Waals surface area (Å²) >= 11 is 0. The molecule has 1 atom stereocenters. The summed E-state index contributed by atoms with van der Waals surface area (Å²) < 4.78 is 5.52. The van der Waals surface area contributed by atoms with Crippen LogP contribution in [0.5, 0.6) is 0 Å². The molecule has 0 aliphatic heterocycles. The smallest absolute Gasteiger partial charge is 0.264 e. The molecule has 0 aliphatic carbocycles. The SMILES string of the molecule is CO[C@@](C)(C(=O)Nc1cccc(-c2ccc(=O)[nH]n2)c1)c1ccccc1. The van der Waals surface area contributed by atoms with Crippen LogP contribution < -0.4 is 10.9 Å². The maximum Gasteiger partial charge on any atom is 0.264 e. The molecule has 26 heavy (non-hydrogen) atoms. The normalized spacial score (nSPS) is 13.0. The molecule has 3 rings (SSSR count). The van der Waals surface area contributed by atoms with Crippen LogP contribution in [0.4, 0.5) is 5.69 Å². The number of ether oxygens (including phenoxy) is 1. The monoisotopic (exact) mass is 349 g/mol. The van der Waals surface area contributed by atoms with Gasteiger partial charge in [0, 0.05) is 24.4 Å². The van der Waals surface area contributed by atoms with Crippen molar-refractivity contribution in [1.29, 1.82) is 0 Å². The van der Waals surface area contributed by atoms with Crippen LogP contribution >= 0.6 is 0 Å². The number of benzene rings is 2. The van der Waals surface area contributed by atoms with E-state index >= 15 is 0 Å². The second-order valence-electron chi connectivity index (χ2n) is 5.94. The third kappa shape index (κ3) is 3.55. The Balaban J connectivity index is 1.86. The van der Waals surface area contributed by atoms with E-state index in [0.717, 1.165) is 11.1 Å². The first-order valence-electron chi connectivity index (χ1n) is 8.11. The van der Waals surface area contributed by atoms with E-state index < -0.39 is 5.60 Å². The van der Waals surface area contributed by atoms with Gasteiger partial charge in [-0.2, -0.15) is 5.10 Å². The third-order valence-electron chi connectivity index (χ3n) is 4.26. The lowest BCUT2D eigenvalue weighted by Gasteiger charge is -2.27. The first kappa shape index (κ1) is 17.6. The average molecular weight is 349 g/mol. The van der Waals surface area contributed by atoms with E-state index in [9.17, 15) is 9.59 Å². The van der Waals surface area contributed by atoms with Crippen molar-refractivity contribution in [3.8, 4) is 11.3 Å². The summed E-state index contributed by atoms with van der Waals surface area (Å²) in [5, 5.41) is 9.30. The van der Waals surface area contributed by atoms with Crippen molar-refractivity contribution in [2.24, 2.45) is 0 Å². The predicted molar refractivity (Wildman–Crippen MR) is 99.7 cm³/mol. The van der Waals surface area contributed by atoms with Crippen molar-refractivity contribution in [3.63, 3.8) is 0 Å². The van der Waals surface area contributed by atoms with Crippen molar-refractivity contribution in [3.05, 3.63) is 82.6 Å². The van der Waals surface area contributed by atoms with E-state index in [1.165, 1.54) is 13.2 Å². The Morgan fingerprint density at radius 2 is 1.85 bits per heavy atom. The molecule has 0 spiro atoms. The quantitative estimate of drug-likeness (QED) is 0.742. The maximum atomic E-state index is 12.9. The van der Waals surface area contributed by atoms with Crippen LogP contribution in [0.1, 0.15) is 12.5 Å². The summed E-state index contributed by atoms with van der Waals surface area (Å²) in [5.74, 6) is -0.280. The Labute approximate surface area is 150 Å². The predicted octanol–water partition coefficient (Wildman–Crippen LogP) is 2.94. The molecule has 0 saturated carbocycles. The van der Waals surface area contributed by atoms with Crippen LogP contribution in [-0.2, 0) is 15.1 Å². The number of aromatic nitrogens is 2. The second kappa shape index (κ2) is 7.33. The highest BCUT2D eigenvalue weighted by molar-refractivity contribution is 5.98. The minimum atomic E-state index is -1.12. The van der Waals surface area contributed by atoms with Crippen LogP contribution in [0.3, 0.4) is 0 Å². The minimum absolute atomic E-state index is 0.267. The molecule has 0 aliphatic rings. The molecule has 0 bridgehead atoms. The van der Waals surface area contributed by atoms with E-state index in [4.69, 9.17) is 4.74 Å². The summed E-state index contributed by atoms with van der Waals surface area (Å²) in [6, 6.07) is 19.6. The Morgan fingerprint density at radius 1 is 1.08 bits per heavy atom. The third-order valence-corrected chi connectivity index (χ3v) is 4.26. The van der Waals surface area contributed by atoms with Crippen molar-refractivity contribution >= 4 is 11.6 Å². The van der Waals surface area contributed by atoms with E-state index in [0.29, 0.717) is 11.4 Å². The molecule has 1 heterocycles. The van der Waals surface area contributed by atoms with Gasteiger partial charge < -0.3 is 10.1 Å². The molecule has 6 heteroatoms. The van der Waals surface area contributed by atoms with Gasteiger partial charge in [-0.25, -0.2) is 5.10 Å². The van der Waals surface area contributed by atoms with Gasteiger partial charge in [0.15, 0.2) is 5.60 Å². The van der Waals surface area contributed by atoms with Gasteiger partial charge in [0.1, 0.15) is 0 Å². The highest BCUT2D eigenvalue weighted by Crippen LogP contribution is 2.27.